The lowest BCUT2D eigenvalue weighted by Crippen LogP contribution is -2.31. The maximum Gasteiger partial charge on any atom is 0.168 e. The van der Waals surface area contributed by atoms with Gasteiger partial charge in [0.05, 0.1) is 0 Å². The van der Waals surface area contributed by atoms with Gasteiger partial charge in [-0.05, 0) is 11.8 Å². The van der Waals surface area contributed by atoms with E-state index in [9.17, 15) is 0 Å². The second-order valence-electron chi connectivity index (χ2n) is 3.78. The predicted molar refractivity (Wildman–Crippen MR) is 43.8 cm³/mol. The molecule has 1 saturated carbocycles. The highest BCUT2D eigenvalue weighted by molar-refractivity contribution is 4.92. The van der Waals surface area contributed by atoms with E-state index in [0.717, 1.165) is 26.1 Å². The van der Waals surface area contributed by atoms with Crippen molar-refractivity contribution in [3.63, 3.8) is 0 Å². The van der Waals surface area contributed by atoms with Crippen LogP contribution in [0.15, 0.2) is 0 Å². The zero-order valence-corrected chi connectivity index (χ0v) is 7.71. The molecule has 70 valence electrons. The van der Waals surface area contributed by atoms with Gasteiger partial charge in [0.25, 0.3) is 0 Å². The molecule has 2 rings (SSSR count). The van der Waals surface area contributed by atoms with Gasteiger partial charge < -0.3 is 14.2 Å². The molecule has 0 bridgehead atoms. The van der Waals surface area contributed by atoms with Crippen molar-refractivity contribution < 1.29 is 14.2 Å². The Morgan fingerprint density at radius 1 is 1.08 bits per heavy atom. The third-order valence-corrected chi connectivity index (χ3v) is 3.22. The van der Waals surface area contributed by atoms with Crippen LogP contribution in [-0.4, -0.2) is 33.2 Å². The molecule has 0 unspecified atom stereocenters. The molecule has 2 atom stereocenters. The normalized spacial score (nSPS) is 38.5. The van der Waals surface area contributed by atoms with Gasteiger partial charge >= 0.3 is 0 Å². The Bertz CT molecular complexity index is 151. The molecule has 1 aliphatic carbocycles. The zero-order valence-electron chi connectivity index (χ0n) is 7.71. The van der Waals surface area contributed by atoms with Crippen molar-refractivity contribution in [3.8, 4) is 0 Å². The van der Waals surface area contributed by atoms with E-state index < -0.39 is 0 Å². The van der Waals surface area contributed by atoms with Crippen LogP contribution < -0.4 is 0 Å². The van der Waals surface area contributed by atoms with Crippen LogP contribution in [0.2, 0.25) is 0 Å². The smallest absolute Gasteiger partial charge is 0.168 e. The molecule has 3 heteroatoms. The van der Waals surface area contributed by atoms with Crippen LogP contribution in [0, 0.1) is 11.8 Å². The lowest BCUT2D eigenvalue weighted by atomic mass is 10.0. The van der Waals surface area contributed by atoms with Crippen molar-refractivity contribution >= 4 is 0 Å². The van der Waals surface area contributed by atoms with E-state index in [1.165, 1.54) is 0 Å². The maximum absolute atomic E-state index is 5.41. The topological polar surface area (TPSA) is 27.7 Å². The average Bonchev–Trinajstić information content (AvgIpc) is 2.61. The summed E-state index contributed by atoms with van der Waals surface area (Å²) in [5, 5.41) is 0. The largest absolute Gasteiger partial charge is 0.381 e. The van der Waals surface area contributed by atoms with E-state index in [4.69, 9.17) is 14.2 Å². The second kappa shape index (κ2) is 2.98. The van der Waals surface area contributed by atoms with Gasteiger partial charge in [-0.3, -0.25) is 0 Å². The first-order chi connectivity index (χ1) is 5.79. The monoisotopic (exact) mass is 172 g/mol. The fourth-order valence-corrected chi connectivity index (χ4v) is 2.39. The molecule has 2 aliphatic rings. The van der Waals surface area contributed by atoms with Crippen LogP contribution in [0.4, 0.5) is 0 Å². The molecular formula is C9H16O3. The number of ether oxygens (including phenoxy) is 3. The summed E-state index contributed by atoms with van der Waals surface area (Å²) in [5.74, 6) is 1.01. The first-order valence-corrected chi connectivity index (χ1v) is 4.48. The van der Waals surface area contributed by atoms with E-state index in [1.807, 2.05) is 0 Å². The first kappa shape index (κ1) is 8.48. The predicted octanol–water partition coefficient (Wildman–Crippen LogP) is 1.03. The average molecular weight is 172 g/mol. The Balaban J connectivity index is 2.05. The molecule has 0 aromatic carbocycles. The van der Waals surface area contributed by atoms with Crippen molar-refractivity contribution in [3.05, 3.63) is 0 Å². The summed E-state index contributed by atoms with van der Waals surface area (Å²) in [6.07, 6.45) is 1.98. The summed E-state index contributed by atoms with van der Waals surface area (Å²) in [5.41, 5.74) is 0. The molecule has 3 nitrogen and oxygen atoms in total. The minimum absolute atomic E-state index is 0.306. The Hall–Kier alpha value is -0.120. The molecule has 12 heavy (non-hydrogen) atoms. The molecule has 1 aliphatic heterocycles. The standard InChI is InChI=1S/C9H16O3/c1-10-9(11-2)3-7-5-12-6-8(7)4-9/h7-8H,3-6H2,1-2H3/t7-,8-/m1/s1. The summed E-state index contributed by atoms with van der Waals surface area (Å²) in [4.78, 5) is 0. The van der Waals surface area contributed by atoms with Gasteiger partial charge in [-0.25, -0.2) is 0 Å². The fraction of sp³-hybridized carbons (Fsp3) is 1.00. The quantitative estimate of drug-likeness (QED) is 0.582. The van der Waals surface area contributed by atoms with E-state index in [0.29, 0.717) is 11.8 Å². The molecule has 0 aromatic heterocycles. The summed E-state index contributed by atoms with van der Waals surface area (Å²) >= 11 is 0. The number of hydrogen-bond acceptors (Lipinski definition) is 3. The minimum atomic E-state index is -0.306. The number of hydrogen-bond donors (Lipinski definition) is 0. The molecular weight excluding hydrogens is 156 g/mol. The van der Waals surface area contributed by atoms with Crippen LogP contribution in [0.3, 0.4) is 0 Å². The van der Waals surface area contributed by atoms with Gasteiger partial charge in [0.15, 0.2) is 5.79 Å². The van der Waals surface area contributed by atoms with E-state index in [-0.39, 0.29) is 5.79 Å². The van der Waals surface area contributed by atoms with Crippen molar-refractivity contribution in [2.24, 2.45) is 11.8 Å². The van der Waals surface area contributed by atoms with Crippen molar-refractivity contribution in [2.45, 2.75) is 18.6 Å². The SMILES string of the molecule is COC1(OC)C[C@@H]2COC[C@H]2C1. The van der Waals surface area contributed by atoms with Crippen LogP contribution >= 0.6 is 0 Å². The highest BCUT2D eigenvalue weighted by atomic mass is 16.7. The Kier molecular flexibility index (Phi) is 2.10. The fourth-order valence-electron chi connectivity index (χ4n) is 2.39. The minimum Gasteiger partial charge on any atom is -0.381 e. The summed E-state index contributed by atoms with van der Waals surface area (Å²) in [6.45, 7) is 1.78. The van der Waals surface area contributed by atoms with Crippen LogP contribution in [0.25, 0.3) is 0 Å². The van der Waals surface area contributed by atoms with Gasteiger partial charge in [-0.1, -0.05) is 0 Å². The molecule has 0 N–H and O–H groups in total. The highest BCUT2D eigenvalue weighted by Crippen LogP contribution is 2.44. The molecule has 0 amide bonds. The van der Waals surface area contributed by atoms with E-state index in [1.54, 1.807) is 14.2 Å². The Morgan fingerprint density at radius 2 is 1.58 bits per heavy atom. The van der Waals surface area contributed by atoms with Gasteiger partial charge in [-0.15, -0.1) is 0 Å². The Labute approximate surface area is 73.0 Å². The van der Waals surface area contributed by atoms with Crippen molar-refractivity contribution in [1.82, 2.24) is 0 Å². The van der Waals surface area contributed by atoms with Gasteiger partial charge in [0.2, 0.25) is 0 Å². The van der Waals surface area contributed by atoms with Gasteiger partial charge in [0.1, 0.15) is 0 Å². The van der Waals surface area contributed by atoms with Crippen molar-refractivity contribution in [1.29, 1.82) is 0 Å². The number of methoxy groups -OCH3 is 2. The number of fused-ring (bicyclic) bond motifs is 1. The maximum atomic E-state index is 5.41. The summed E-state index contributed by atoms with van der Waals surface area (Å²) in [6, 6.07) is 0. The van der Waals surface area contributed by atoms with E-state index >= 15 is 0 Å². The molecule has 1 heterocycles. The zero-order chi connectivity index (χ0) is 8.60. The summed E-state index contributed by atoms with van der Waals surface area (Å²) in [7, 11) is 3.46. The van der Waals surface area contributed by atoms with Crippen molar-refractivity contribution in [2.75, 3.05) is 27.4 Å². The van der Waals surface area contributed by atoms with Crippen LogP contribution in [0.5, 0.6) is 0 Å². The van der Waals surface area contributed by atoms with Crippen LogP contribution in [0.1, 0.15) is 12.8 Å². The third kappa shape index (κ3) is 1.16. The molecule has 1 saturated heterocycles. The van der Waals surface area contributed by atoms with E-state index in [2.05, 4.69) is 0 Å². The third-order valence-electron chi connectivity index (χ3n) is 3.22. The van der Waals surface area contributed by atoms with Crippen LogP contribution in [-0.2, 0) is 14.2 Å². The first-order valence-electron chi connectivity index (χ1n) is 4.48. The Morgan fingerprint density at radius 3 is 2.00 bits per heavy atom. The summed E-state index contributed by atoms with van der Waals surface area (Å²) < 4.78 is 16.2. The lowest BCUT2D eigenvalue weighted by Gasteiger charge is -2.26. The molecule has 0 aromatic rings. The van der Waals surface area contributed by atoms with Gasteiger partial charge in [0, 0.05) is 40.3 Å². The second-order valence-corrected chi connectivity index (χ2v) is 3.78. The molecule has 0 radical (unpaired) electrons. The molecule has 2 fully saturated rings. The molecule has 0 spiro atoms. The number of rotatable bonds is 2. The highest BCUT2D eigenvalue weighted by Gasteiger charge is 2.48. The van der Waals surface area contributed by atoms with Gasteiger partial charge in [-0.2, -0.15) is 0 Å². The lowest BCUT2D eigenvalue weighted by molar-refractivity contribution is -0.206.